The van der Waals surface area contributed by atoms with Gasteiger partial charge < -0.3 is 10.2 Å². The molecule has 0 aliphatic carbocycles. The van der Waals surface area contributed by atoms with Gasteiger partial charge in [-0.3, -0.25) is 5.10 Å². The summed E-state index contributed by atoms with van der Waals surface area (Å²) in [4.78, 5) is 6.84. The van der Waals surface area contributed by atoms with E-state index in [4.69, 9.17) is 0 Å². The van der Waals surface area contributed by atoms with Crippen molar-refractivity contribution >= 4 is 5.95 Å². The summed E-state index contributed by atoms with van der Waals surface area (Å²) >= 11 is 0. The van der Waals surface area contributed by atoms with Crippen LogP contribution in [0.15, 0.2) is 0 Å². The number of aromatic amines is 1. The summed E-state index contributed by atoms with van der Waals surface area (Å²) in [6.45, 7) is 8.44. The lowest BCUT2D eigenvalue weighted by atomic mass is 10.0. The Morgan fingerprint density at radius 1 is 1.25 bits per heavy atom. The molecule has 1 aromatic rings. The Morgan fingerprint density at radius 3 is 2.56 bits per heavy atom. The summed E-state index contributed by atoms with van der Waals surface area (Å²) < 4.78 is 0. The minimum atomic E-state index is 0.518. The van der Waals surface area contributed by atoms with Crippen LogP contribution in [0.1, 0.15) is 38.4 Å². The third kappa shape index (κ3) is 2.35. The molecule has 1 saturated heterocycles. The fourth-order valence-electron chi connectivity index (χ4n) is 2.13. The average molecular weight is 223 g/mol. The minimum Gasteiger partial charge on any atom is -0.337 e. The number of aromatic nitrogens is 3. The van der Waals surface area contributed by atoms with Gasteiger partial charge in [0, 0.05) is 32.1 Å². The molecule has 5 heteroatoms. The summed E-state index contributed by atoms with van der Waals surface area (Å²) in [5.41, 5.74) is 0. The second-order valence-corrected chi connectivity index (χ2v) is 4.27. The summed E-state index contributed by atoms with van der Waals surface area (Å²) in [7, 11) is 0. The van der Waals surface area contributed by atoms with Gasteiger partial charge in [0.05, 0.1) is 0 Å². The van der Waals surface area contributed by atoms with Crippen LogP contribution in [0.3, 0.4) is 0 Å². The Kier molecular flexibility index (Phi) is 3.77. The van der Waals surface area contributed by atoms with Gasteiger partial charge in [-0.2, -0.15) is 4.98 Å². The Hall–Kier alpha value is -1.10. The standard InChI is InChI=1S/C11H21N5/c1-3-9(4-2)10-13-11(15-14-10)16-7-5-12-6-8-16/h9,12H,3-8H2,1-2H3,(H,13,14,15). The second-order valence-electron chi connectivity index (χ2n) is 4.27. The zero-order valence-corrected chi connectivity index (χ0v) is 10.2. The molecular formula is C11H21N5. The van der Waals surface area contributed by atoms with Gasteiger partial charge in [0.2, 0.25) is 5.95 Å². The molecule has 0 radical (unpaired) electrons. The van der Waals surface area contributed by atoms with Crippen LogP contribution in [0.25, 0.3) is 0 Å². The van der Waals surface area contributed by atoms with Gasteiger partial charge >= 0.3 is 0 Å². The zero-order chi connectivity index (χ0) is 11.4. The molecule has 1 fully saturated rings. The molecule has 0 amide bonds. The van der Waals surface area contributed by atoms with Crippen molar-refractivity contribution in [2.45, 2.75) is 32.6 Å². The van der Waals surface area contributed by atoms with E-state index < -0.39 is 0 Å². The van der Waals surface area contributed by atoms with Gasteiger partial charge in [0.1, 0.15) is 5.82 Å². The lowest BCUT2D eigenvalue weighted by molar-refractivity contribution is 0.579. The Balaban J connectivity index is 2.05. The Morgan fingerprint density at radius 2 is 1.94 bits per heavy atom. The number of hydrogen-bond donors (Lipinski definition) is 2. The van der Waals surface area contributed by atoms with Crippen molar-refractivity contribution < 1.29 is 0 Å². The van der Waals surface area contributed by atoms with E-state index in [0.717, 1.165) is 50.8 Å². The van der Waals surface area contributed by atoms with Crippen LogP contribution >= 0.6 is 0 Å². The van der Waals surface area contributed by atoms with E-state index in [0.29, 0.717) is 5.92 Å². The molecule has 5 nitrogen and oxygen atoms in total. The van der Waals surface area contributed by atoms with E-state index >= 15 is 0 Å². The molecule has 0 aromatic carbocycles. The number of hydrogen-bond acceptors (Lipinski definition) is 4. The molecular weight excluding hydrogens is 202 g/mol. The van der Waals surface area contributed by atoms with Gasteiger partial charge in [-0.1, -0.05) is 13.8 Å². The molecule has 90 valence electrons. The molecule has 16 heavy (non-hydrogen) atoms. The number of anilines is 1. The molecule has 2 rings (SSSR count). The molecule has 1 aliphatic rings. The highest BCUT2D eigenvalue weighted by Crippen LogP contribution is 2.20. The Bertz CT molecular complexity index is 312. The summed E-state index contributed by atoms with van der Waals surface area (Å²) in [5.74, 6) is 2.42. The fourth-order valence-corrected chi connectivity index (χ4v) is 2.13. The minimum absolute atomic E-state index is 0.518. The predicted molar refractivity (Wildman–Crippen MR) is 64.8 cm³/mol. The van der Waals surface area contributed by atoms with E-state index in [9.17, 15) is 0 Å². The van der Waals surface area contributed by atoms with Gasteiger partial charge in [-0.05, 0) is 12.8 Å². The maximum Gasteiger partial charge on any atom is 0.244 e. The largest absolute Gasteiger partial charge is 0.337 e. The van der Waals surface area contributed by atoms with E-state index in [1.165, 1.54) is 0 Å². The highest BCUT2D eigenvalue weighted by atomic mass is 15.4. The van der Waals surface area contributed by atoms with Gasteiger partial charge in [0.25, 0.3) is 0 Å². The monoisotopic (exact) mass is 223 g/mol. The summed E-state index contributed by atoms with van der Waals surface area (Å²) in [5, 5.41) is 10.7. The van der Waals surface area contributed by atoms with Crippen molar-refractivity contribution in [3.8, 4) is 0 Å². The quantitative estimate of drug-likeness (QED) is 0.803. The molecule has 0 saturated carbocycles. The highest BCUT2D eigenvalue weighted by molar-refractivity contribution is 5.30. The van der Waals surface area contributed by atoms with Gasteiger partial charge in [0.15, 0.2) is 0 Å². The number of nitrogens with one attached hydrogen (secondary N) is 2. The van der Waals surface area contributed by atoms with Crippen molar-refractivity contribution in [3.05, 3.63) is 5.82 Å². The second kappa shape index (κ2) is 5.30. The lowest BCUT2D eigenvalue weighted by Crippen LogP contribution is -2.44. The molecule has 1 aliphatic heterocycles. The molecule has 0 atom stereocenters. The molecule has 2 N–H and O–H groups in total. The van der Waals surface area contributed by atoms with Crippen molar-refractivity contribution in [1.29, 1.82) is 0 Å². The first-order chi connectivity index (χ1) is 7.85. The highest BCUT2D eigenvalue weighted by Gasteiger charge is 2.17. The zero-order valence-electron chi connectivity index (χ0n) is 10.2. The maximum absolute atomic E-state index is 4.61. The normalized spacial score (nSPS) is 17.1. The summed E-state index contributed by atoms with van der Waals surface area (Å²) in [6.07, 6.45) is 2.24. The van der Waals surface area contributed by atoms with E-state index in [-0.39, 0.29) is 0 Å². The SMILES string of the molecule is CCC(CC)c1nc(N2CCNCC2)n[nH]1. The molecule has 1 aromatic heterocycles. The van der Waals surface area contributed by atoms with Crippen molar-refractivity contribution in [3.63, 3.8) is 0 Å². The summed E-state index contributed by atoms with van der Waals surface area (Å²) in [6, 6.07) is 0. The van der Waals surface area contributed by atoms with Crippen molar-refractivity contribution in [2.75, 3.05) is 31.1 Å². The van der Waals surface area contributed by atoms with Crippen LogP contribution in [0.5, 0.6) is 0 Å². The predicted octanol–water partition coefficient (Wildman–Crippen LogP) is 1.12. The third-order valence-electron chi connectivity index (χ3n) is 3.26. The molecule has 0 unspecified atom stereocenters. The molecule has 0 spiro atoms. The lowest BCUT2D eigenvalue weighted by Gasteiger charge is -2.25. The number of nitrogens with zero attached hydrogens (tertiary/aromatic N) is 3. The van der Waals surface area contributed by atoms with Crippen LogP contribution in [0.2, 0.25) is 0 Å². The molecule has 0 bridgehead atoms. The number of rotatable bonds is 4. The average Bonchev–Trinajstić information content (AvgIpc) is 2.81. The van der Waals surface area contributed by atoms with E-state index in [1.807, 2.05) is 0 Å². The first-order valence-corrected chi connectivity index (χ1v) is 6.23. The molecule has 2 heterocycles. The van der Waals surface area contributed by atoms with Gasteiger partial charge in [-0.15, -0.1) is 5.10 Å². The Labute approximate surface area is 96.6 Å². The van der Waals surface area contributed by atoms with Crippen LogP contribution in [0.4, 0.5) is 5.95 Å². The fraction of sp³-hybridized carbons (Fsp3) is 0.818. The van der Waals surface area contributed by atoms with Gasteiger partial charge in [-0.25, -0.2) is 0 Å². The first-order valence-electron chi connectivity index (χ1n) is 6.23. The van der Waals surface area contributed by atoms with Crippen LogP contribution in [-0.2, 0) is 0 Å². The third-order valence-corrected chi connectivity index (χ3v) is 3.26. The maximum atomic E-state index is 4.61. The van der Waals surface area contributed by atoms with Crippen molar-refractivity contribution in [1.82, 2.24) is 20.5 Å². The number of H-pyrrole nitrogens is 1. The smallest absolute Gasteiger partial charge is 0.244 e. The topological polar surface area (TPSA) is 56.8 Å². The van der Waals surface area contributed by atoms with E-state index in [1.54, 1.807) is 0 Å². The van der Waals surface area contributed by atoms with Crippen LogP contribution < -0.4 is 10.2 Å². The van der Waals surface area contributed by atoms with Crippen LogP contribution in [0, 0.1) is 0 Å². The van der Waals surface area contributed by atoms with Crippen LogP contribution in [-0.4, -0.2) is 41.4 Å². The first kappa shape index (κ1) is 11.4. The van der Waals surface area contributed by atoms with Crippen molar-refractivity contribution in [2.24, 2.45) is 0 Å². The number of piperazine rings is 1. The van der Waals surface area contributed by atoms with E-state index in [2.05, 4.69) is 39.2 Å².